The van der Waals surface area contributed by atoms with Crippen LogP contribution in [0.3, 0.4) is 0 Å². The van der Waals surface area contributed by atoms with E-state index in [2.05, 4.69) is 23.8 Å². The number of unbranched alkanes of at least 4 members (excludes halogenated alkanes) is 4. The molecule has 0 amide bonds. The van der Waals surface area contributed by atoms with Crippen LogP contribution in [0.15, 0.2) is 23.2 Å². The molecule has 1 rings (SSSR count). The summed E-state index contributed by atoms with van der Waals surface area (Å²) < 4.78 is 0. The third-order valence-corrected chi connectivity index (χ3v) is 3.21. The van der Waals surface area contributed by atoms with Crippen LogP contribution in [-0.4, -0.2) is 12.8 Å². The van der Waals surface area contributed by atoms with Crippen molar-refractivity contribution >= 4 is 29.4 Å². The van der Waals surface area contributed by atoms with Crippen molar-refractivity contribution in [1.82, 2.24) is 0 Å². The predicted octanol–water partition coefficient (Wildman–Crippen LogP) is 5.39. The number of aliphatic imine (C=N–C) groups is 1. The molecule has 19 heavy (non-hydrogen) atoms. The van der Waals surface area contributed by atoms with Gasteiger partial charge in [-0.25, -0.2) is 0 Å². The molecule has 0 heterocycles. The molecule has 0 spiro atoms. The fraction of sp³-hybridized carbons (Fsp3) is 0.438. The Morgan fingerprint density at radius 2 is 2.00 bits per heavy atom. The summed E-state index contributed by atoms with van der Waals surface area (Å²) >= 11 is 11.8. The fourth-order valence-electron chi connectivity index (χ4n) is 1.58. The SMILES string of the molecule is CCCCCCC#CCN=Cc1ccc(Cl)cc1Cl. The molecule has 0 aliphatic heterocycles. The van der Waals surface area contributed by atoms with Gasteiger partial charge in [-0.15, -0.1) is 5.92 Å². The van der Waals surface area contributed by atoms with Crippen molar-refractivity contribution in [3.63, 3.8) is 0 Å². The van der Waals surface area contributed by atoms with E-state index in [1.807, 2.05) is 6.07 Å². The first-order valence-electron chi connectivity index (χ1n) is 6.64. The molecule has 0 saturated heterocycles. The van der Waals surface area contributed by atoms with Crippen molar-refractivity contribution in [1.29, 1.82) is 0 Å². The Morgan fingerprint density at radius 1 is 1.16 bits per heavy atom. The van der Waals surface area contributed by atoms with Crippen LogP contribution in [-0.2, 0) is 0 Å². The van der Waals surface area contributed by atoms with E-state index >= 15 is 0 Å². The predicted molar refractivity (Wildman–Crippen MR) is 85.5 cm³/mol. The zero-order valence-corrected chi connectivity index (χ0v) is 12.8. The molecule has 0 radical (unpaired) electrons. The number of benzene rings is 1. The van der Waals surface area contributed by atoms with Gasteiger partial charge in [0.2, 0.25) is 0 Å². The Balaban J connectivity index is 2.28. The van der Waals surface area contributed by atoms with Crippen LogP contribution >= 0.6 is 23.2 Å². The van der Waals surface area contributed by atoms with Gasteiger partial charge in [-0.3, -0.25) is 4.99 Å². The van der Waals surface area contributed by atoms with Gasteiger partial charge < -0.3 is 0 Å². The zero-order chi connectivity index (χ0) is 13.9. The third kappa shape index (κ3) is 7.25. The first-order valence-corrected chi connectivity index (χ1v) is 7.40. The molecule has 0 unspecified atom stereocenters. The Labute approximate surface area is 126 Å². The van der Waals surface area contributed by atoms with Crippen molar-refractivity contribution in [2.75, 3.05) is 6.54 Å². The van der Waals surface area contributed by atoms with E-state index in [4.69, 9.17) is 23.2 Å². The molecular formula is C16H19Cl2N. The molecule has 0 atom stereocenters. The summed E-state index contributed by atoms with van der Waals surface area (Å²) in [6.07, 6.45) is 7.73. The quantitative estimate of drug-likeness (QED) is 0.379. The normalized spacial score (nSPS) is 10.5. The van der Waals surface area contributed by atoms with Crippen LogP contribution in [0.25, 0.3) is 0 Å². The first kappa shape index (κ1) is 16.1. The Morgan fingerprint density at radius 3 is 2.74 bits per heavy atom. The summed E-state index contributed by atoms with van der Waals surface area (Å²) in [4.78, 5) is 4.24. The molecule has 102 valence electrons. The molecule has 3 heteroatoms. The average Bonchev–Trinajstić information content (AvgIpc) is 2.39. The highest BCUT2D eigenvalue weighted by Crippen LogP contribution is 2.19. The number of hydrogen-bond acceptors (Lipinski definition) is 1. The van der Waals surface area contributed by atoms with Gasteiger partial charge in [0.05, 0.1) is 11.6 Å². The van der Waals surface area contributed by atoms with E-state index in [-0.39, 0.29) is 0 Å². The minimum atomic E-state index is 0.521. The number of rotatable bonds is 6. The molecule has 1 aromatic carbocycles. The van der Waals surface area contributed by atoms with Gasteiger partial charge in [0.25, 0.3) is 0 Å². The van der Waals surface area contributed by atoms with Gasteiger partial charge in [-0.1, -0.05) is 61.4 Å². The highest BCUT2D eigenvalue weighted by molar-refractivity contribution is 6.36. The minimum absolute atomic E-state index is 0.521. The van der Waals surface area contributed by atoms with Gasteiger partial charge in [0.15, 0.2) is 0 Å². The van der Waals surface area contributed by atoms with E-state index in [0.717, 1.165) is 12.0 Å². The lowest BCUT2D eigenvalue weighted by Crippen LogP contribution is -1.84. The molecule has 0 saturated carbocycles. The highest BCUT2D eigenvalue weighted by atomic mass is 35.5. The van der Waals surface area contributed by atoms with Crippen LogP contribution < -0.4 is 0 Å². The van der Waals surface area contributed by atoms with Crippen LogP contribution in [0.4, 0.5) is 0 Å². The molecule has 0 fully saturated rings. The summed E-state index contributed by atoms with van der Waals surface area (Å²) in [7, 11) is 0. The largest absolute Gasteiger partial charge is 0.280 e. The van der Waals surface area contributed by atoms with Crippen molar-refractivity contribution in [3.8, 4) is 11.8 Å². The monoisotopic (exact) mass is 295 g/mol. The Bertz CT molecular complexity index is 469. The smallest absolute Gasteiger partial charge is 0.0997 e. The van der Waals surface area contributed by atoms with Gasteiger partial charge in [-0.2, -0.15) is 0 Å². The van der Waals surface area contributed by atoms with Gasteiger partial charge in [0, 0.05) is 23.2 Å². The van der Waals surface area contributed by atoms with Crippen LogP contribution in [0.5, 0.6) is 0 Å². The van der Waals surface area contributed by atoms with E-state index in [9.17, 15) is 0 Å². The standard InChI is InChI=1S/C16H19Cl2N/c1-2-3-4-5-6-7-8-11-19-13-14-9-10-15(17)12-16(14)18/h9-10,12-13H,2-6,11H2,1H3. The highest BCUT2D eigenvalue weighted by Gasteiger charge is 1.96. The molecular weight excluding hydrogens is 277 g/mol. The first-order chi connectivity index (χ1) is 9.24. The second-order valence-corrected chi connectivity index (χ2v) is 5.14. The van der Waals surface area contributed by atoms with Crippen LogP contribution in [0.2, 0.25) is 10.0 Å². The lowest BCUT2D eigenvalue weighted by molar-refractivity contribution is 0.679. The molecule has 0 aliphatic carbocycles. The fourth-order valence-corrected chi connectivity index (χ4v) is 2.04. The van der Waals surface area contributed by atoms with Crippen LogP contribution in [0, 0.1) is 11.8 Å². The minimum Gasteiger partial charge on any atom is -0.280 e. The molecule has 1 aromatic rings. The van der Waals surface area contributed by atoms with Gasteiger partial charge >= 0.3 is 0 Å². The maximum atomic E-state index is 6.03. The van der Waals surface area contributed by atoms with Crippen molar-refractivity contribution in [3.05, 3.63) is 33.8 Å². The number of nitrogens with zero attached hydrogens (tertiary/aromatic N) is 1. The van der Waals surface area contributed by atoms with Crippen molar-refractivity contribution in [2.24, 2.45) is 4.99 Å². The average molecular weight is 296 g/mol. The van der Waals surface area contributed by atoms with E-state index < -0.39 is 0 Å². The topological polar surface area (TPSA) is 12.4 Å². The summed E-state index contributed by atoms with van der Waals surface area (Å²) in [5.74, 6) is 6.18. The van der Waals surface area contributed by atoms with Crippen molar-refractivity contribution in [2.45, 2.75) is 39.0 Å². The van der Waals surface area contributed by atoms with E-state index in [1.165, 1.54) is 25.7 Å². The molecule has 0 N–H and O–H groups in total. The maximum Gasteiger partial charge on any atom is 0.0997 e. The summed E-state index contributed by atoms with van der Waals surface area (Å²) in [5, 5.41) is 1.25. The summed E-state index contributed by atoms with van der Waals surface area (Å²) in [6.45, 7) is 2.73. The number of halogens is 2. The molecule has 0 aliphatic rings. The Kier molecular flexibility index (Phi) is 8.38. The zero-order valence-electron chi connectivity index (χ0n) is 11.3. The number of hydrogen-bond donors (Lipinski definition) is 0. The van der Waals surface area contributed by atoms with E-state index in [0.29, 0.717) is 16.6 Å². The Hall–Kier alpha value is -0.970. The van der Waals surface area contributed by atoms with Crippen molar-refractivity contribution < 1.29 is 0 Å². The summed E-state index contributed by atoms with van der Waals surface area (Å²) in [5.41, 5.74) is 0.871. The maximum absolute atomic E-state index is 6.03. The van der Waals surface area contributed by atoms with Gasteiger partial charge in [-0.05, 0) is 18.6 Å². The summed E-state index contributed by atoms with van der Waals surface area (Å²) in [6, 6.07) is 5.37. The third-order valence-electron chi connectivity index (χ3n) is 2.64. The molecule has 0 bridgehead atoms. The second kappa shape index (κ2) is 9.89. The lowest BCUT2D eigenvalue weighted by Gasteiger charge is -1.97. The van der Waals surface area contributed by atoms with Crippen LogP contribution in [0.1, 0.15) is 44.6 Å². The van der Waals surface area contributed by atoms with Gasteiger partial charge in [0.1, 0.15) is 0 Å². The molecule has 1 nitrogen and oxygen atoms in total. The van der Waals surface area contributed by atoms with E-state index in [1.54, 1.807) is 18.3 Å². The lowest BCUT2D eigenvalue weighted by atomic mass is 10.2. The second-order valence-electron chi connectivity index (χ2n) is 4.30. The molecule has 0 aromatic heterocycles.